The maximum Gasteiger partial charge on any atom is 0.321 e. The summed E-state index contributed by atoms with van der Waals surface area (Å²) in [5.41, 5.74) is 0.987. The van der Waals surface area contributed by atoms with Gasteiger partial charge in [0, 0.05) is 38.1 Å². The predicted molar refractivity (Wildman–Crippen MR) is 107 cm³/mol. The van der Waals surface area contributed by atoms with E-state index in [9.17, 15) is 13.6 Å². The number of fused-ring (bicyclic) bond motifs is 1. The molecule has 1 saturated heterocycles. The van der Waals surface area contributed by atoms with E-state index in [0.717, 1.165) is 35.4 Å². The molecule has 1 aliphatic heterocycles. The van der Waals surface area contributed by atoms with Crippen molar-refractivity contribution in [3.05, 3.63) is 48.4 Å². The molecule has 0 radical (unpaired) electrons. The van der Waals surface area contributed by atoms with Gasteiger partial charge in [0.25, 0.3) is 0 Å². The molecule has 2 atom stereocenters. The summed E-state index contributed by atoms with van der Waals surface area (Å²) < 4.78 is 26.5. The summed E-state index contributed by atoms with van der Waals surface area (Å²) in [5.74, 6) is -0.795. The fraction of sp³-hybridized carbons (Fsp3) is 0.350. The molecule has 152 valence electrons. The number of urea groups is 1. The zero-order valence-corrected chi connectivity index (χ0v) is 16.2. The molecule has 1 fully saturated rings. The highest BCUT2D eigenvalue weighted by molar-refractivity contribution is 5.90. The molecule has 7 nitrogen and oxygen atoms in total. The van der Waals surface area contributed by atoms with E-state index < -0.39 is 11.6 Å². The fourth-order valence-corrected chi connectivity index (χ4v) is 3.81. The first-order chi connectivity index (χ1) is 13.9. The van der Waals surface area contributed by atoms with Gasteiger partial charge in [-0.15, -0.1) is 0 Å². The Labute approximate surface area is 166 Å². The lowest BCUT2D eigenvalue weighted by atomic mass is 9.92. The Kier molecular flexibility index (Phi) is 5.04. The predicted octanol–water partition coefficient (Wildman–Crippen LogP) is 3.61. The van der Waals surface area contributed by atoms with E-state index in [1.165, 1.54) is 12.4 Å². The van der Waals surface area contributed by atoms with Crippen LogP contribution in [0.15, 0.2) is 36.8 Å². The van der Waals surface area contributed by atoms with Crippen LogP contribution in [0.2, 0.25) is 0 Å². The van der Waals surface area contributed by atoms with E-state index in [4.69, 9.17) is 0 Å². The number of halogens is 2. The molecule has 0 spiro atoms. The molecule has 3 aromatic rings. The van der Waals surface area contributed by atoms with Gasteiger partial charge in [-0.25, -0.2) is 23.5 Å². The number of hydrogen-bond donors (Lipinski definition) is 2. The smallest absolute Gasteiger partial charge is 0.321 e. The molecule has 1 aromatic carbocycles. The van der Waals surface area contributed by atoms with Gasteiger partial charge in [-0.2, -0.15) is 0 Å². The fourth-order valence-electron chi connectivity index (χ4n) is 3.81. The van der Waals surface area contributed by atoms with Crippen molar-refractivity contribution in [2.45, 2.75) is 19.4 Å². The molecule has 9 heteroatoms. The zero-order chi connectivity index (χ0) is 20.5. The van der Waals surface area contributed by atoms with Gasteiger partial charge in [-0.1, -0.05) is 6.92 Å². The molecule has 2 N–H and O–H groups in total. The maximum atomic E-state index is 13.4. The summed E-state index contributed by atoms with van der Waals surface area (Å²) >= 11 is 0. The van der Waals surface area contributed by atoms with Gasteiger partial charge < -0.3 is 20.1 Å². The Morgan fingerprint density at radius 3 is 2.90 bits per heavy atom. The van der Waals surface area contributed by atoms with Crippen LogP contribution in [0.3, 0.4) is 0 Å². The molecular formula is C20H22F2N6O. The summed E-state index contributed by atoms with van der Waals surface area (Å²) in [4.78, 5) is 28.2. The highest BCUT2D eigenvalue weighted by Gasteiger charge is 2.33. The number of nitrogens with one attached hydrogen (secondary N) is 2. The third-order valence-electron chi connectivity index (χ3n) is 5.54. The van der Waals surface area contributed by atoms with Crippen molar-refractivity contribution in [1.29, 1.82) is 0 Å². The van der Waals surface area contributed by atoms with Gasteiger partial charge in [0.1, 0.15) is 17.8 Å². The first kappa shape index (κ1) is 19.1. The number of benzene rings is 1. The van der Waals surface area contributed by atoms with Crippen LogP contribution in [0.1, 0.15) is 13.3 Å². The lowest BCUT2D eigenvalue weighted by molar-refractivity contribution is 0.172. The quantitative estimate of drug-likeness (QED) is 0.704. The van der Waals surface area contributed by atoms with E-state index >= 15 is 0 Å². The van der Waals surface area contributed by atoms with E-state index in [1.807, 2.05) is 19.3 Å². The van der Waals surface area contributed by atoms with Gasteiger partial charge in [-0.3, -0.25) is 0 Å². The minimum Gasteiger partial charge on any atom is -0.354 e. The topological polar surface area (TPSA) is 77.2 Å². The first-order valence-electron chi connectivity index (χ1n) is 9.46. The number of H-pyrrole nitrogens is 1. The number of likely N-dealkylation sites (N-methyl/N-ethyl adjacent to an activating group) is 1. The number of aromatic nitrogens is 3. The third kappa shape index (κ3) is 3.72. The van der Waals surface area contributed by atoms with Gasteiger partial charge in [0.2, 0.25) is 0 Å². The maximum absolute atomic E-state index is 13.4. The summed E-state index contributed by atoms with van der Waals surface area (Å²) in [5, 5.41) is 3.57. The van der Waals surface area contributed by atoms with Crippen molar-refractivity contribution in [2.24, 2.45) is 5.92 Å². The van der Waals surface area contributed by atoms with Crippen LogP contribution in [-0.2, 0) is 0 Å². The SMILES string of the molecule is CC1CCN(C(=O)Nc2ccc(F)c(F)c2)CC1N(C)c1ncnc2[nH]ccc12. The summed E-state index contributed by atoms with van der Waals surface area (Å²) in [6.45, 7) is 3.23. The highest BCUT2D eigenvalue weighted by Crippen LogP contribution is 2.29. The molecule has 0 bridgehead atoms. The van der Waals surface area contributed by atoms with Crippen molar-refractivity contribution in [3.63, 3.8) is 0 Å². The lowest BCUT2D eigenvalue weighted by Crippen LogP contribution is -2.53. The Hall–Kier alpha value is -3.23. The van der Waals surface area contributed by atoms with Crippen molar-refractivity contribution in [1.82, 2.24) is 19.9 Å². The Balaban J connectivity index is 1.51. The standard InChI is InChI=1S/C20H22F2N6O/c1-12-6-8-28(20(29)26-13-3-4-15(21)16(22)9-13)10-17(12)27(2)19-14-5-7-23-18(14)24-11-25-19/h3-5,7,9,11-12,17H,6,8,10H2,1-2H3,(H,26,29)(H,23,24,25). The second-order valence-electron chi connectivity index (χ2n) is 7.39. The van der Waals surface area contributed by atoms with E-state index in [1.54, 1.807) is 4.90 Å². The number of rotatable bonds is 3. The molecule has 29 heavy (non-hydrogen) atoms. The van der Waals surface area contributed by atoms with Crippen LogP contribution >= 0.6 is 0 Å². The first-order valence-corrected chi connectivity index (χ1v) is 9.46. The molecular weight excluding hydrogens is 378 g/mol. The van der Waals surface area contributed by atoms with Crippen LogP contribution in [-0.4, -0.2) is 52.1 Å². The molecule has 4 rings (SSSR count). The van der Waals surface area contributed by atoms with Gasteiger partial charge in [0.05, 0.1) is 11.4 Å². The number of aromatic amines is 1. The van der Waals surface area contributed by atoms with Gasteiger partial charge >= 0.3 is 6.03 Å². The number of amides is 2. The summed E-state index contributed by atoms with van der Waals surface area (Å²) in [6, 6.07) is 4.96. The average molecular weight is 400 g/mol. The molecule has 1 aliphatic rings. The summed E-state index contributed by atoms with van der Waals surface area (Å²) in [6.07, 6.45) is 4.16. The average Bonchev–Trinajstić information content (AvgIpc) is 3.19. The Morgan fingerprint density at radius 2 is 2.10 bits per heavy atom. The molecule has 2 aromatic heterocycles. The number of carbonyl (C=O) groups is 1. The summed E-state index contributed by atoms with van der Waals surface area (Å²) in [7, 11) is 1.96. The van der Waals surface area contributed by atoms with Crippen molar-refractivity contribution in [2.75, 3.05) is 30.4 Å². The minimum atomic E-state index is -0.994. The second-order valence-corrected chi connectivity index (χ2v) is 7.39. The molecule has 3 heterocycles. The number of anilines is 2. The zero-order valence-electron chi connectivity index (χ0n) is 16.2. The van der Waals surface area contributed by atoms with Crippen molar-refractivity contribution in [3.8, 4) is 0 Å². The number of hydrogen-bond acceptors (Lipinski definition) is 4. The molecule has 2 unspecified atom stereocenters. The normalized spacial score (nSPS) is 19.4. The van der Waals surface area contributed by atoms with Crippen molar-refractivity contribution < 1.29 is 13.6 Å². The van der Waals surface area contributed by atoms with E-state index in [-0.39, 0.29) is 17.8 Å². The minimum absolute atomic E-state index is 0.0486. The van der Waals surface area contributed by atoms with Crippen LogP contribution in [0.5, 0.6) is 0 Å². The Morgan fingerprint density at radius 1 is 1.28 bits per heavy atom. The van der Waals surface area contributed by atoms with Gasteiger partial charge in [0.15, 0.2) is 11.6 Å². The van der Waals surface area contributed by atoms with Crippen molar-refractivity contribution >= 4 is 28.6 Å². The number of piperidine rings is 1. The largest absolute Gasteiger partial charge is 0.354 e. The van der Waals surface area contributed by atoms with E-state index in [2.05, 4.69) is 32.1 Å². The molecule has 0 saturated carbocycles. The van der Waals surface area contributed by atoms with Crippen LogP contribution in [0.4, 0.5) is 25.1 Å². The number of nitrogens with zero attached hydrogens (tertiary/aromatic N) is 4. The monoisotopic (exact) mass is 400 g/mol. The van der Waals surface area contributed by atoms with Crippen LogP contribution < -0.4 is 10.2 Å². The molecule has 0 aliphatic carbocycles. The van der Waals surface area contributed by atoms with Crippen LogP contribution in [0.25, 0.3) is 11.0 Å². The number of likely N-dealkylation sites (tertiary alicyclic amines) is 1. The highest BCUT2D eigenvalue weighted by atomic mass is 19.2. The van der Waals surface area contributed by atoms with Crippen LogP contribution in [0, 0.1) is 17.6 Å². The Bertz CT molecular complexity index is 1040. The second kappa shape index (κ2) is 7.65. The van der Waals surface area contributed by atoms with Gasteiger partial charge in [-0.05, 0) is 30.5 Å². The number of carbonyl (C=O) groups excluding carboxylic acids is 1. The molecule has 2 amide bonds. The third-order valence-corrected chi connectivity index (χ3v) is 5.54. The lowest BCUT2D eigenvalue weighted by Gasteiger charge is -2.42. The van der Waals surface area contributed by atoms with E-state index in [0.29, 0.717) is 19.0 Å².